The third-order valence-electron chi connectivity index (χ3n) is 2.61. The molecule has 0 aromatic carbocycles. The van der Waals surface area contributed by atoms with E-state index in [1.807, 2.05) is 18.7 Å². The highest BCUT2D eigenvalue weighted by molar-refractivity contribution is 7.07. The average molecular weight is 226 g/mol. The van der Waals surface area contributed by atoms with Crippen molar-refractivity contribution in [2.24, 2.45) is 0 Å². The molecule has 1 amide bonds. The van der Waals surface area contributed by atoms with Crippen LogP contribution in [0.2, 0.25) is 0 Å². The molecule has 1 fully saturated rings. The van der Waals surface area contributed by atoms with Gasteiger partial charge in [-0.2, -0.15) is 0 Å². The lowest BCUT2D eigenvalue weighted by Gasteiger charge is -2.33. The molecule has 2 heterocycles. The monoisotopic (exact) mass is 226 g/mol. The van der Waals surface area contributed by atoms with Gasteiger partial charge in [-0.3, -0.25) is 4.79 Å². The van der Waals surface area contributed by atoms with Crippen molar-refractivity contribution in [1.29, 1.82) is 0 Å². The van der Waals surface area contributed by atoms with Crippen molar-refractivity contribution in [3.05, 3.63) is 10.6 Å². The SMILES string of the molecule is Cc1nnsc1C(=O)N1CCNC[C@@H]1C. The average Bonchev–Trinajstić information content (AvgIpc) is 2.64. The fourth-order valence-corrected chi connectivity index (χ4v) is 2.31. The van der Waals surface area contributed by atoms with Crippen LogP contribution in [0.1, 0.15) is 22.3 Å². The van der Waals surface area contributed by atoms with Crippen LogP contribution in [-0.2, 0) is 0 Å². The number of nitrogens with one attached hydrogen (secondary N) is 1. The van der Waals surface area contributed by atoms with E-state index in [9.17, 15) is 4.79 Å². The van der Waals surface area contributed by atoms with E-state index in [1.54, 1.807) is 0 Å². The molecule has 0 bridgehead atoms. The molecule has 1 aliphatic rings. The molecule has 15 heavy (non-hydrogen) atoms. The van der Waals surface area contributed by atoms with E-state index in [4.69, 9.17) is 0 Å². The van der Waals surface area contributed by atoms with Crippen LogP contribution >= 0.6 is 11.5 Å². The highest BCUT2D eigenvalue weighted by Crippen LogP contribution is 2.15. The van der Waals surface area contributed by atoms with Gasteiger partial charge < -0.3 is 10.2 Å². The number of hydrogen-bond donors (Lipinski definition) is 1. The molecular formula is C9H14N4OS. The Morgan fingerprint density at radius 2 is 2.47 bits per heavy atom. The van der Waals surface area contributed by atoms with Crippen LogP contribution in [0.4, 0.5) is 0 Å². The van der Waals surface area contributed by atoms with Crippen molar-refractivity contribution in [2.45, 2.75) is 19.9 Å². The normalized spacial score (nSPS) is 21.7. The molecule has 0 saturated carbocycles. The van der Waals surface area contributed by atoms with Crippen molar-refractivity contribution >= 4 is 17.4 Å². The second-order valence-electron chi connectivity index (χ2n) is 3.74. The molecule has 6 heteroatoms. The van der Waals surface area contributed by atoms with Gasteiger partial charge in [-0.1, -0.05) is 4.49 Å². The van der Waals surface area contributed by atoms with Crippen LogP contribution in [0.25, 0.3) is 0 Å². The first kappa shape index (κ1) is 10.5. The molecule has 1 aromatic rings. The number of piperazine rings is 1. The highest BCUT2D eigenvalue weighted by atomic mass is 32.1. The minimum atomic E-state index is 0.0662. The topological polar surface area (TPSA) is 58.1 Å². The number of rotatable bonds is 1. The fraction of sp³-hybridized carbons (Fsp3) is 0.667. The van der Waals surface area contributed by atoms with E-state index in [1.165, 1.54) is 11.5 Å². The Morgan fingerprint density at radius 1 is 1.67 bits per heavy atom. The van der Waals surface area contributed by atoms with Gasteiger partial charge in [0.1, 0.15) is 4.88 Å². The zero-order chi connectivity index (χ0) is 10.8. The summed E-state index contributed by atoms with van der Waals surface area (Å²) in [5, 5.41) is 7.12. The van der Waals surface area contributed by atoms with E-state index < -0.39 is 0 Å². The molecule has 1 atom stereocenters. The minimum Gasteiger partial charge on any atom is -0.333 e. The number of carbonyl (C=O) groups excluding carboxylic acids is 1. The van der Waals surface area contributed by atoms with Gasteiger partial charge in [-0.05, 0) is 25.4 Å². The summed E-state index contributed by atoms with van der Waals surface area (Å²) in [5.41, 5.74) is 0.732. The second-order valence-corrected chi connectivity index (χ2v) is 4.49. The van der Waals surface area contributed by atoms with Gasteiger partial charge in [0.25, 0.3) is 5.91 Å². The van der Waals surface area contributed by atoms with Crippen LogP contribution in [0.15, 0.2) is 0 Å². The largest absolute Gasteiger partial charge is 0.333 e. The minimum absolute atomic E-state index is 0.0662. The second kappa shape index (κ2) is 4.24. The van der Waals surface area contributed by atoms with Gasteiger partial charge in [0, 0.05) is 25.7 Å². The quantitative estimate of drug-likeness (QED) is 0.747. The summed E-state index contributed by atoms with van der Waals surface area (Å²) < 4.78 is 3.79. The maximum Gasteiger partial charge on any atom is 0.267 e. The Labute approximate surface area is 92.6 Å². The van der Waals surface area contributed by atoms with Crippen LogP contribution < -0.4 is 5.32 Å². The number of nitrogens with zero attached hydrogens (tertiary/aromatic N) is 3. The molecule has 0 radical (unpaired) electrons. The summed E-state index contributed by atoms with van der Waals surface area (Å²) in [4.78, 5) is 14.7. The molecule has 1 aliphatic heterocycles. The van der Waals surface area contributed by atoms with E-state index in [-0.39, 0.29) is 11.9 Å². The van der Waals surface area contributed by atoms with E-state index >= 15 is 0 Å². The summed E-state index contributed by atoms with van der Waals surface area (Å²) in [6, 6.07) is 0.243. The lowest BCUT2D eigenvalue weighted by Crippen LogP contribution is -2.52. The molecule has 0 unspecified atom stereocenters. The Balaban J connectivity index is 2.17. The predicted molar refractivity (Wildman–Crippen MR) is 58.0 cm³/mol. The number of carbonyl (C=O) groups is 1. The van der Waals surface area contributed by atoms with Crippen LogP contribution in [-0.4, -0.2) is 46.1 Å². The highest BCUT2D eigenvalue weighted by Gasteiger charge is 2.26. The lowest BCUT2D eigenvalue weighted by atomic mass is 10.2. The van der Waals surface area contributed by atoms with Crippen molar-refractivity contribution < 1.29 is 4.79 Å². The lowest BCUT2D eigenvalue weighted by molar-refractivity contribution is 0.0660. The van der Waals surface area contributed by atoms with Gasteiger partial charge in [0.2, 0.25) is 0 Å². The zero-order valence-corrected chi connectivity index (χ0v) is 9.67. The van der Waals surface area contributed by atoms with E-state index in [2.05, 4.69) is 14.9 Å². The first-order chi connectivity index (χ1) is 7.20. The van der Waals surface area contributed by atoms with Crippen LogP contribution in [0, 0.1) is 6.92 Å². The molecule has 5 nitrogen and oxygen atoms in total. The third kappa shape index (κ3) is 2.00. The van der Waals surface area contributed by atoms with Gasteiger partial charge in [-0.15, -0.1) is 5.10 Å². The third-order valence-corrected chi connectivity index (χ3v) is 3.42. The molecule has 0 aliphatic carbocycles. The summed E-state index contributed by atoms with van der Waals surface area (Å²) in [7, 11) is 0. The summed E-state index contributed by atoms with van der Waals surface area (Å²) in [5.74, 6) is 0.0662. The summed E-state index contributed by atoms with van der Waals surface area (Å²) in [6.07, 6.45) is 0. The molecule has 1 aromatic heterocycles. The first-order valence-electron chi connectivity index (χ1n) is 5.01. The van der Waals surface area contributed by atoms with Gasteiger partial charge in [0.05, 0.1) is 5.69 Å². The predicted octanol–water partition coefficient (Wildman–Crippen LogP) is 0.280. The van der Waals surface area contributed by atoms with Crippen molar-refractivity contribution in [2.75, 3.05) is 19.6 Å². The van der Waals surface area contributed by atoms with E-state index in [0.29, 0.717) is 4.88 Å². The Morgan fingerprint density at radius 3 is 3.07 bits per heavy atom. The standard InChI is InChI=1S/C9H14N4OS/c1-6-5-10-3-4-13(6)9(14)8-7(2)11-12-15-8/h6,10H,3-5H2,1-2H3/t6-/m0/s1. The molecule has 1 saturated heterocycles. The van der Waals surface area contributed by atoms with Gasteiger partial charge >= 0.3 is 0 Å². The summed E-state index contributed by atoms with van der Waals surface area (Å²) >= 11 is 1.18. The van der Waals surface area contributed by atoms with Gasteiger partial charge in [0.15, 0.2) is 0 Å². The maximum absolute atomic E-state index is 12.1. The maximum atomic E-state index is 12.1. The Hall–Kier alpha value is -1.01. The molecule has 0 spiro atoms. The fourth-order valence-electron chi connectivity index (χ4n) is 1.70. The smallest absolute Gasteiger partial charge is 0.267 e. The van der Waals surface area contributed by atoms with Crippen molar-refractivity contribution in [3.8, 4) is 0 Å². The van der Waals surface area contributed by atoms with E-state index in [0.717, 1.165) is 25.3 Å². The Bertz CT molecular complexity index is 365. The Kier molecular flexibility index (Phi) is 2.97. The van der Waals surface area contributed by atoms with Crippen LogP contribution in [0.5, 0.6) is 0 Å². The summed E-state index contributed by atoms with van der Waals surface area (Å²) in [6.45, 7) is 6.35. The number of hydrogen-bond acceptors (Lipinski definition) is 5. The number of aryl methyl sites for hydroxylation is 1. The molecule has 82 valence electrons. The number of amides is 1. The van der Waals surface area contributed by atoms with Gasteiger partial charge in [-0.25, -0.2) is 0 Å². The zero-order valence-electron chi connectivity index (χ0n) is 8.86. The molecular weight excluding hydrogens is 212 g/mol. The van der Waals surface area contributed by atoms with Crippen molar-refractivity contribution in [3.63, 3.8) is 0 Å². The molecule has 1 N–H and O–H groups in total. The number of aromatic nitrogens is 2. The molecule has 2 rings (SSSR count). The van der Waals surface area contributed by atoms with Crippen LogP contribution in [0.3, 0.4) is 0 Å². The first-order valence-corrected chi connectivity index (χ1v) is 5.78. The van der Waals surface area contributed by atoms with Crippen molar-refractivity contribution in [1.82, 2.24) is 19.8 Å².